The Bertz CT molecular complexity index is 1490. The van der Waals surface area contributed by atoms with E-state index in [-0.39, 0.29) is 25.5 Å². The van der Waals surface area contributed by atoms with Crippen LogP contribution in [0.1, 0.15) is 29.3 Å². The molecule has 1 aliphatic heterocycles. The number of aliphatic hydroxyl groups is 1. The Morgan fingerprint density at radius 1 is 0.977 bits per heavy atom. The van der Waals surface area contributed by atoms with Crippen LogP contribution in [0.2, 0.25) is 0 Å². The number of aliphatic hydroxyl groups excluding tert-OH is 1. The molecule has 1 saturated heterocycles. The Morgan fingerprint density at radius 2 is 1.58 bits per heavy atom. The Labute approximate surface area is 250 Å². The molecular formula is C33H35N3O7. The van der Waals surface area contributed by atoms with E-state index in [0.717, 1.165) is 16.7 Å². The molecule has 1 aliphatic rings. The third-order valence-corrected chi connectivity index (χ3v) is 7.36. The van der Waals surface area contributed by atoms with Crippen LogP contribution < -0.4 is 20.6 Å². The molecule has 0 spiro atoms. The molecular weight excluding hydrogens is 550 g/mol. The minimum Gasteiger partial charge on any atom is -0.497 e. The van der Waals surface area contributed by atoms with Gasteiger partial charge in [0.25, 0.3) is 0 Å². The van der Waals surface area contributed by atoms with Crippen molar-refractivity contribution in [1.29, 1.82) is 0 Å². The molecule has 5 rings (SSSR count). The van der Waals surface area contributed by atoms with Gasteiger partial charge in [-0.05, 0) is 47.0 Å². The number of methoxy groups -OCH3 is 2. The van der Waals surface area contributed by atoms with Crippen molar-refractivity contribution in [3.8, 4) is 11.5 Å². The summed E-state index contributed by atoms with van der Waals surface area (Å²) in [5.74, 6) is 1.68. The van der Waals surface area contributed by atoms with E-state index in [1.54, 1.807) is 32.6 Å². The fourth-order valence-corrected chi connectivity index (χ4v) is 5.18. The molecule has 43 heavy (non-hydrogen) atoms. The minimum absolute atomic E-state index is 0.0296. The van der Waals surface area contributed by atoms with Crippen LogP contribution in [0.3, 0.4) is 0 Å². The van der Waals surface area contributed by atoms with Crippen LogP contribution in [0.25, 0.3) is 0 Å². The summed E-state index contributed by atoms with van der Waals surface area (Å²) >= 11 is 0. The second-order valence-electron chi connectivity index (χ2n) is 9.95. The molecule has 3 aromatic carbocycles. The zero-order valence-electron chi connectivity index (χ0n) is 24.1. The van der Waals surface area contributed by atoms with Crippen LogP contribution in [-0.4, -0.2) is 54.3 Å². The van der Waals surface area contributed by atoms with E-state index in [1.165, 1.54) is 4.57 Å². The first-order valence-corrected chi connectivity index (χ1v) is 13.9. The van der Waals surface area contributed by atoms with E-state index >= 15 is 0 Å². The van der Waals surface area contributed by atoms with Crippen molar-refractivity contribution in [2.75, 3.05) is 32.9 Å². The summed E-state index contributed by atoms with van der Waals surface area (Å²) < 4.78 is 25.3. The zero-order chi connectivity index (χ0) is 30.2. The molecule has 1 aromatic heterocycles. The number of hydrogen-bond acceptors (Lipinski definition) is 9. The highest BCUT2D eigenvalue weighted by molar-refractivity contribution is 5.49. The van der Waals surface area contributed by atoms with Gasteiger partial charge in [-0.15, -0.1) is 6.58 Å². The van der Waals surface area contributed by atoms with Gasteiger partial charge in [-0.25, -0.2) is 10.3 Å². The summed E-state index contributed by atoms with van der Waals surface area (Å²) in [6, 6.07) is 26.9. The van der Waals surface area contributed by atoms with Crippen LogP contribution >= 0.6 is 0 Å². The number of hydrogen-bond donors (Lipinski definition) is 2. The number of nitrogens with zero attached hydrogens (tertiary/aromatic N) is 2. The Hall–Kier alpha value is -4.48. The maximum atomic E-state index is 12.8. The third kappa shape index (κ3) is 6.47. The van der Waals surface area contributed by atoms with E-state index in [9.17, 15) is 9.90 Å². The number of anilines is 1. The zero-order valence-corrected chi connectivity index (χ0v) is 24.1. The lowest BCUT2D eigenvalue weighted by Gasteiger charge is -2.37. The van der Waals surface area contributed by atoms with E-state index < -0.39 is 29.7 Å². The van der Waals surface area contributed by atoms with Gasteiger partial charge in [-0.2, -0.15) is 4.98 Å². The van der Waals surface area contributed by atoms with Gasteiger partial charge in [0, 0.05) is 12.6 Å². The van der Waals surface area contributed by atoms with Gasteiger partial charge in [0.1, 0.15) is 29.4 Å². The molecule has 0 unspecified atom stereocenters. The lowest BCUT2D eigenvalue weighted by Crippen LogP contribution is -2.38. The average Bonchev–Trinajstić information content (AvgIpc) is 3.42. The highest BCUT2D eigenvalue weighted by atomic mass is 16.6. The van der Waals surface area contributed by atoms with Crippen molar-refractivity contribution in [2.45, 2.75) is 30.5 Å². The molecule has 4 aromatic rings. The van der Waals surface area contributed by atoms with Gasteiger partial charge in [-0.3, -0.25) is 9.40 Å². The van der Waals surface area contributed by atoms with E-state index in [0.29, 0.717) is 11.5 Å². The van der Waals surface area contributed by atoms with Gasteiger partial charge in [0.05, 0.1) is 33.5 Å². The third-order valence-electron chi connectivity index (χ3n) is 7.36. The summed E-state index contributed by atoms with van der Waals surface area (Å²) in [5, 5.41) is 11.0. The molecule has 0 bridgehead atoms. The normalized spacial score (nSPS) is 18.3. The van der Waals surface area contributed by atoms with Gasteiger partial charge in [0.2, 0.25) is 0 Å². The Kier molecular flexibility index (Phi) is 9.53. The molecule has 0 amide bonds. The van der Waals surface area contributed by atoms with Crippen LogP contribution in [-0.2, 0) is 19.9 Å². The molecule has 10 heteroatoms. The summed E-state index contributed by atoms with van der Waals surface area (Å²) in [4.78, 5) is 21.9. The minimum atomic E-state index is -1.07. The first kappa shape index (κ1) is 30.0. The number of aromatic nitrogens is 2. The molecule has 2 heterocycles. The quantitative estimate of drug-likeness (QED) is 0.102. The van der Waals surface area contributed by atoms with Crippen molar-refractivity contribution in [1.82, 2.24) is 9.55 Å². The molecule has 224 valence electrons. The molecule has 2 N–H and O–H groups in total. The van der Waals surface area contributed by atoms with Gasteiger partial charge in [0.15, 0.2) is 5.82 Å². The standard InChI is InChI=1S/C33H35N3O7/c1-4-20-42-35-30-18-19-36(32(38)34-30)31-21-28(37)29(43-31)22-41-33(23-8-6-5-7-9-23,24-10-14-26(39-2)15-11-24)25-12-16-27(40-3)17-13-25/h4-19,28-29,31,37H,1,20-22H2,2-3H3,(H,34,35,38)/t28-,29+,31+/m0/s1. The molecule has 1 fully saturated rings. The number of ether oxygens (including phenoxy) is 4. The predicted molar refractivity (Wildman–Crippen MR) is 161 cm³/mol. The van der Waals surface area contributed by atoms with E-state index in [2.05, 4.69) is 17.0 Å². The second-order valence-corrected chi connectivity index (χ2v) is 9.95. The molecule has 0 radical (unpaired) electrons. The van der Waals surface area contributed by atoms with Crippen LogP contribution in [0.15, 0.2) is 109 Å². The van der Waals surface area contributed by atoms with Crippen LogP contribution in [0, 0.1) is 0 Å². The maximum Gasteiger partial charge on any atom is 0.351 e. The number of nitrogens with one attached hydrogen (secondary N) is 1. The molecule has 0 aliphatic carbocycles. The second kappa shape index (κ2) is 13.7. The SMILES string of the molecule is C=CCONc1ccn([C@H]2C[C@H](O)[C@@H](COC(c3ccccc3)(c3ccc(OC)cc3)c3ccc(OC)cc3)O2)c(=O)n1. The van der Waals surface area contributed by atoms with Crippen LogP contribution in [0.5, 0.6) is 11.5 Å². The van der Waals surface area contributed by atoms with Gasteiger partial charge < -0.3 is 24.1 Å². The highest BCUT2D eigenvalue weighted by Gasteiger charge is 2.42. The van der Waals surface area contributed by atoms with Crippen LogP contribution in [0.4, 0.5) is 5.82 Å². The van der Waals surface area contributed by atoms with Crippen molar-refractivity contribution in [3.63, 3.8) is 0 Å². The van der Waals surface area contributed by atoms with Crippen molar-refractivity contribution in [2.24, 2.45) is 0 Å². The highest BCUT2D eigenvalue weighted by Crippen LogP contribution is 2.42. The average molecular weight is 586 g/mol. The fraction of sp³-hybridized carbons (Fsp3) is 0.273. The summed E-state index contributed by atoms with van der Waals surface area (Å²) in [5.41, 5.74) is 3.59. The number of rotatable bonds is 13. The van der Waals surface area contributed by atoms with Gasteiger partial charge >= 0.3 is 5.69 Å². The largest absolute Gasteiger partial charge is 0.497 e. The summed E-state index contributed by atoms with van der Waals surface area (Å²) in [6.45, 7) is 3.86. The lowest BCUT2D eigenvalue weighted by atomic mass is 9.80. The first-order chi connectivity index (χ1) is 21.0. The Balaban J connectivity index is 1.45. The van der Waals surface area contributed by atoms with Gasteiger partial charge in [-0.1, -0.05) is 60.7 Å². The monoisotopic (exact) mass is 585 g/mol. The van der Waals surface area contributed by atoms with Crippen molar-refractivity contribution < 1.29 is 28.9 Å². The maximum absolute atomic E-state index is 12.8. The summed E-state index contributed by atoms with van der Waals surface area (Å²) in [6.07, 6.45) is 0.993. The Morgan fingerprint density at radius 3 is 2.14 bits per heavy atom. The molecule has 10 nitrogen and oxygen atoms in total. The number of benzene rings is 3. The topological polar surface area (TPSA) is 113 Å². The smallest absolute Gasteiger partial charge is 0.351 e. The van der Waals surface area contributed by atoms with Crippen molar-refractivity contribution in [3.05, 3.63) is 131 Å². The molecule has 0 saturated carbocycles. The van der Waals surface area contributed by atoms with E-state index in [4.69, 9.17) is 23.8 Å². The predicted octanol–water partition coefficient (Wildman–Crippen LogP) is 4.45. The summed E-state index contributed by atoms with van der Waals surface area (Å²) in [7, 11) is 3.24. The first-order valence-electron chi connectivity index (χ1n) is 13.9. The lowest BCUT2D eigenvalue weighted by molar-refractivity contribution is -0.0944. The molecule has 3 atom stereocenters. The van der Waals surface area contributed by atoms with Crippen molar-refractivity contribution >= 4 is 5.82 Å². The van der Waals surface area contributed by atoms with E-state index in [1.807, 2.05) is 78.9 Å². The fourth-order valence-electron chi connectivity index (χ4n) is 5.18.